The van der Waals surface area contributed by atoms with Gasteiger partial charge in [0, 0.05) is 27.5 Å². The molecule has 1 unspecified atom stereocenters. The zero-order chi connectivity index (χ0) is 17.3. The Morgan fingerprint density at radius 2 is 1.88 bits per heavy atom. The Balaban J connectivity index is 1.73. The van der Waals surface area contributed by atoms with E-state index in [1.807, 2.05) is 19.1 Å². The number of halogens is 1. The van der Waals surface area contributed by atoms with E-state index in [0.29, 0.717) is 16.7 Å². The summed E-state index contributed by atoms with van der Waals surface area (Å²) in [5, 5.41) is 8.71. The second-order valence-electron chi connectivity index (χ2n) is 6.50. The standard InChI is InChI=1S/C16H18ClN5OS/c1-9(18-15-20-14(22-24-15)16(2,3)4)12-19-13(23-21-12)10-5-7-11(17)8-6-10/h5-9H,1-4H3,(H,18,20,22). The first-order valence-electron chi connectivity index (χ1n) is 7.53. The Kier molecular flexibility index (Phi) is 4.56. The van der Waals surface area contributed by atoms with Crippen molar-refractivity contribution in [2.45, 2.75) is 39.2 Å². The Morgan fingerprint density at radius 3 is 2.50 bits per heavy atom. The van der Waals surface area contributed by atoms with Gasteiger partial charge in [0.25, 0.3) is 5.89 Å². The number of benzene rings is 1. The van der Waals surface area contributed by atoms with Crippen LogP contribution in [0.3, 0.4) is 0 Å². The molecule has 0 spiro atoms. The van der Waals surface area contributed by atoms with Crippen molar-refractivity contribution < 1.29 is 4.52 Å². The number of aromatic nitrogens is 4. The number of nitrogens with zero attached hydrogens (tertiary/aromatic N) is 4. The van der Waals surface area contributed by atoms with Crippen LogP contribution in [0.1, 0.15) is 45.4 Å². The van der Waals surface area contributed by atoms with E-state index in [1.165, 1.54) is 11.5 Å². The van der Waals surface area contributed by atoms with E-state index in [2.05, 4.69) is 45.6 Å². The summed E-state index contributed by atoms with van der Waals surface area (Å²) in [6.45, 7) is 8.20. The lowest BCUT2D eigenvalue weighted by Gasteiger charge is -2.12. The molecular formula is C16H18ClN5OS. The molecule has 0 aliphatic rings. The summed E-state index contributed by atoms with van der Waals surface area (Å²) in [6, 6.07) is 7.13. The molecule has 0 saturated carbocycles. The molecule has 3 rings (SSSR count). The van der Waals surface area contributed by atoms with E-state index in [1.54, 1.807) is 12.1 Å². The lowest BCUT2D eigenvalue weighted by atomic mass is 9.96. The van der Waals surface area contributed by atoms with Gasteiger partial charge in [-0.3, -0.25) is 0 Å². The maximum atomic E-state index is 5.89. The molecule has 0 fully saturated rings. The summed E-state index contributed by atoms with van der Waals surface area (Å²) in [6.07, 6.45) is 0. The Bertz CT molecular complexity index is 822. The van der Waals surface area contributed by atoms with Crippen LogP contribution in [0.15, 0.2) is 28.8 Å². The number of rotatable bonds is 4. The lowest BCUT2D eigenvalue weighted by molar-refractivity contribution is 0.420. The number of anilines is 1. The van der Waals surface area contributed by atoms with Crippen molar-refractivity contribution in [3.8, 4) is 11.5 Å². The molecule has 0 saturated heterocycles. The molecule has 0 bridgehead atoms. The van der Waals surface area contributed by atoms with Crippen molar-refractivity contribution >= 4 is 28.3 Å². The van der Waals surface area contributed by atoms with E-state index < -0.39 is 0 Å². The molecule has 3 aromatic rings. The zero-order valence-corrected chi connectivity index (χ0v) is 15.4. The zero-order valence-electron chi connectivity index (χ0n) is 13.9. The van der Waals surface area contributed by atoms with Crippen LogP contribution in [0.2, 0.25) is 5.02 Å². The van der Waals surface area contributed by atoms with Crippen molar-refractivity contribution in [3.63, 3.8) is 0 Å². The second kappa shape index (κ2) is 6.49. The Morgan fingerprint density at radius 1 is 1.17 bits per heavy atom. The highest BCUT2D eigenvalue weighted by Crippen LogP contribution is 2.26. The van der Waals surface area contributed by atoms with Crippen LogP contribution in [0, 0.1) is 0 Å². The van der Waals surface area contributed by atoms with Crippen LogP contribution < -0.4 is 5.32 Å². The van der Waals surface area contributed by atoms with E-state index in [-0.39, 0.29) is 11.5 Å². The first kappa shape index (κ1) is 16.9. The molecule has 126 valence electrons. The van der Waals surface area contributed by atoms with Crippen LogP contribution >= 0.6 is 23.1 Å². The van der Waals surface area contributed by atoms with Crippen LogP contribution in [0.5, 0.6) is 0 Å². The summed E-state index contributed by atoms with van der Waals surface area (Å²) in [7, 11) is 0. The molecule has 2 aromatic heterocycles. The highest BCUT2D eigenvalue weighted by molar-refractivity contribution is 7.09. The topological polar surface area (TPSA) is 76.7 Å². The molecule has 6 nitrogen and oxygen atoms in total. The predicted octanol–water partition coefficient (Wildman–Crippen LogP) is 4.71. The summed E-state index contributed by atoms with van der Waals surface area (Å²) < 4.78 is 9.72. The fraction of sp³-hybridized carbons (Fsp3) is 0.375. The smallest absolute Gasteiger partial charge is 0.257 e. The van der Waals surface area contributed by atoms with Gasteiger partial charge in [0.05, 0.1) is 6.04 Å². The Hall–Kier alpha value is -1.99. The molecule has 8 heteroatoms. The lowest BCUT2D eigenvalue weighted by Crippen LogP contribution is -2.14. The van der Waals surface area contributed by atoms with Gasteiger partial charge in [0.1, 0.15) is 5.82 Å². The van der Waals surface area contributed by atoms with Gasteiger partial charge in [-0.05, 0) is 31.2 Å². The number of hydrogen-bond acceptors (Lipinski definition) is 7. The normalized spacial score (nSPS) is 13.0. The molecule has 2 heterocycles. The van der Waals surface area contributed by atoms with E-state index in [9.17, 15) is 0 Å². The van der Waals surface area contributed by atoms with E-state index >= 15 is 0 Å². The van der Waals surface area contributed by atoms with Crippen molar-refractivity contribution in [1.29, 1.82) is 0 Å². The highest BCUT2D eigenvalue weighted by Gasteiger charge is 2.21. The van der Waals surface area contributed by atoms with Gasteiger partial charge < -0.3 is 9.84 Å². The van der Waals surface area contributed by atoms with Crippen LogP contribution in [-0.4, -0.2) is 19.5 Å². The van der Waals surface area contributed by atoms with Gasteiger partial charge in [-0.15, -0.1) is 0 Å². The Labute approximate surface area is 149 Å². The van der Waals surface area contributed by atoms with Crippen molar-refractivity contribution in [1.82, 2.24) is 19.5 Å². The van der Waals surface area contributed by atoms with E-state index in [0.717, 1.165) is 16.5 Å². The number of hydrogen-bond donors (Lipinski definition) is 1. The molecular weight excluding hydrogens is 346 g/mol. The molecule has 1 atom stereocenters. The molecule has 0 aliphatic carbocycles. The third-order valence-electron chi connectivity index (χ3n) is 3.36. The van der Waals surface area contributed by atoms with E-state index in [4.69, 9.17) is 16.1 Å². The summed E-state index contributed by atoms with van der Waals surface area (Å²) in [4.78, 5) is 8.95. The molecule has 1 N–H and O–H groups in total. The van der Waals surface area contributed by atoms with Gasteiger partial charge in [0.15, 0.2) is 5.82 Å². The minimum atomic E-state index is -0.143. The van der Waals surface area contributed by atoms with Gasteiger partial charge in [0.2, 0.25) is 5.13 Å². The van der Waals surface area contributed by atoms with Crippen LogP contribution in [0.4, 0.5) is 5.13 Å². The monoisotopic (exact) mass is 363 g/mol. The van der Waals surface area contributed by atoms with Gasteiger partial charge >= 0.3 is 0 Å². The van der Waals surface area contributed by atoms with Crippen LogP contribution in [-0.2, 0) is 5.41 Å². The first-order valence-corrected chi connectivity index (χ1v) is 8.68. The largest absolute Gasteiger partial charge is 0.350 e. The van der Waals surface area contributed by atoms with Crippen LogP contribution in [0.25, 0.3) is 11.5 Å². The van der Waals surface area contributed by atoms with Crippen molar-refractivity contribution in [2.75, 3.05) is 5.32 Å². The maximum Gasteiger partial charge on any atom is 0.257 e. The highest BCUT2D eigenvalue weighted by atomic mass is 35.5. The van der Waals surface area contributed by atoms with Gasteiger partial charge in [-0.2, -0.15) is 9.36 Å². The minimum Gasteiger partial charge on any atom is -0.350 e. The summed E-state index contributed by atoms with van der Waals surface area (Å²) in [5.41, 5.74) is 0.754. The first-order chi connectivity index (χ1) is 11.3. The molecule has 1 aromatic carbocycles. The third-order valence-corrected chi connectivity index (χ3v) is 4.26. The maximum absolute atomic E-state index is 5.89. The minimum absolute atomic E-state index is 0.0758. The third kappa shape index (κ3) is 3.73. The summed E-state index contributed by atoms with van der Waals surface area (Å²) >= 11 is 7.22. The average Bonchev–Trinajstić information content (AvgIpc) is 3.16. The molecule has 24 heavy (non-hydrogen) atoms. The molecule has 0 aliphatic heterocycles. The molecule has 0 amide bonds. The van der Waals surface area contributed by atoms with Gasteiger partial charge in [-0.1, -0.05) is 37.5 Å². The predicted molar refractivity (Wildman–Crippen MR) is 95.4 cm³/mol. The van der Waals surface area contributed by atoms with Crippen molar-refractivity contribution in [2.24, 2.45) is 0 Å². The average molecular weight is 364 g/mol. The van der Waals surface area contributed by atoms with Gasteiger partial charge in [-0.25, -0.2) is 4.98 Å². The number of nitrogens with one attached hydrogen (secondary N) is 1. The summed E-state index contributed by atoms with van der Waals surface area (Å²) in [5.74, 6) is 1.84. The SMILES string of the molecule is CC(Nc1nc(C(C)(C)C)ns1)c1noc(-c2ccc(Cl)cc2)n1. The second-order valence-corrected chi connectivity index (χ2v) is 7.69. The fourth-order valence-electron chi connectivity index (χ4n) is 1.96. The molecule has 0 radical (unpaired) electrons. The fourth-order valence-corrected chi connectivity index (χ4v) is 2.93. The quantitative estimate of drug-likeness (QED) is 0.723. The van der Waals surface area contributed by atoms with Crippen molar-refractivity contribution in [3.05, 3.63) is 40.9 Å².